The van der Waals surface area contributed by atoms with Crippen molar-refractivity contribution < 1.29 is 9.53 Å². The normalized spacial score (nSPS) is 14.3. The molecular formula is C8H18ClNO2. The van der Waals surface area contributed by atoms with E-state index in [0.717, 1.165) is 6.42 Å². The Bertz CT molecular complexity index is 130. The van der Waals surface area contributed by atoms with Crippen molar-refractivity contribution in [3.05, 3.63) is 0 Å². The van der Waals surface area contributed by atoms with E-state index in [2.05, 4.69) is 0 Å². The van der Waals surface area contributed by atoms with Gasteiger partial charge in [0.1, 0.15) is 6.04 Å². The zero-order chi connectivity index (χ0) is 8.85. The second-order valence-corrected chi connectivity index (χ2v) is 2.66. The van der Waals surface area contributed by atoms with Crippen LogP contribution in [0.3, 0.4) is 0 Å². The van der Waals surface area contributed by atoms with Crippen molar-refractivity contribution >= 4 is 18.4 Å². The van der Waals surface area contributed by atoms with Gasteiger partial charge in [-0.25, -0.2) is 0 Å². The fraction of sp³-hybridized carbons (Fsp3) is 0.875. The van der Waals surface area contributed by atoms with E-state index in [4.69, 9.17) is 10.5 Å². The molecule has 0 heterocycles. The third kappa shape index (κ3) is 4.57. The number of nitrogens with two attached hydrogens (primary N) is 1. The van der Waals surface area contributed by atoms with Crippen LogP contribution in [-0.2, 0) is 9.53 Å². The third-order valence-corrected chi connectivity index (χ3v) is 1.82. The molecule has 0 amide bonds. The van der Waals surface area contributed by atoms with Crippen LogP contribution in [0, 0.1) is 5.92 Å². The Morgan fingerprint density at radius 2 is 2.00 bits per heavy atom. The van der Waals surface area contributed by atoms with E-state index in [1.165, 1.54) is 0 Å². The average Bonchev–Trinajstić information content (AvgIpc) is 2.02. The van der Waals surface area contributed by atoms with E-state index >= 15 is 0 Å². The summed E-state index contributed by atoms with van der Waals surface area (Å²) in [6.07, 6.45) is 0.903. The first-order valence-corrected chi connectivity index (χ1v) is 4.05. The summed E-state index contributed by atoms with van der Waals surface area (Å²) in [6, 6.07) is -0.458. The van der Waals surface area contributed by atoms with Gasteiger partial charge in [0, 0.05) is 0 Å². The summed E-state index contributed by atoms with van der Waals surface area (Å²) in [5.74, 6) is -0.0871. The largest absolute Gasteiger partial charge is 0.465 e. The van der Waals surface area contributed by atoms with Gasteiger partial charge in [0.05, 0.1) is 6.61 Å². The Labute approximate surface area is 80.1 Å². The molecule has 0 rings (SSSR count). The summed E-state index contributed by atoms with van der Waals surface area (Å²) in [5.41, 5.74) is 5.58. The maximum absolute atomic E-state index is 11.0. The molecule has 12 heavy (non-hydrogen) atoms. The Kier molecular flexibility index (Phi) is 8.76. The van der Waals surface area contributed by atoms with Gasteiger partial charge in [0.15, 0.2) is 0 Å². The van der Waals surface area contributed by atoms with E-state index in [9.17, 15) is 4.79 Å². The number of ether oxygens (including phenoxy) is 1. The minimum Gasteiger partial charge on any atom is -0.465 e. The molecule has 2 atom stereocenters. The lowest BCUT2D eigenvalue weighted by Gasteiger charge is -2.15. The highest BCUT2D eigenvalue weighted by molar-refractivity contribution is 5.85. The van der Waals surface area contributed by atoms with E-state index in [0.29, 0.717) is 6.61 Å². The summed E-state index contributed by atoms with van der Waals surface area (Å²) in [5, 5.41) is 0. The monoisotopic (exact) mass is 195 g/mol. The van der Waals surface area contributed by atoms with Gasteiger partial charge in [-0.1, -0.05) is 20.3 Å². The highest BCUT2D eigenvalue weighted by Gasteiger charge is 2.19. The molecule has 0 saturated heterocycles. The van der Waals surface area contributed by atoms with Crippen molar-refractivity contribution in [3.8, 4) is 0 Å². The minimum absolute atomic E-state index is 0. The number of rotatable bonds is 4. The summed E-state index contributed by atoms with van der Waals surface area (Å²) < 4.78 is 4.76. The molecule has 2 N–H and O–H groups in total. The Hall–Kier alpha value is -0.280. The van der Waals surface area contributed by atoms with Crippen molar-refractivity contribution in [3.63, 3.8) is 0 Å². The van der Waals surface area contributed by atoms with E-state index in [1.807, 2.05) is 13.8 Å². The van der Waals surface area contributed by atoms with Crippen molar-refractivity contribution in [2.45, 2.75) is 33.2 Å². The average molecular weight is 196 g/mol. The Morgan fingerprint density at radius 3 is 2.33 bits per heavy atom. The maximum Gasteiger partial charge on any atom is 0.323 e. The van der Waals surface area contributed by atoms with Crippen LogP contribution >= 0.6 is 12.4 Å². The highest BCUT2D eigenvalue weighted by atomic mass is 35.5. The lowest BCUT2D eigenvalue weighted by atomic mass is 10.0. The van der Waals surface area contributed by atoms with Crippen molar-refractivity contribution in [2.24, 2.45) is 11.7 Å². The lowest BCUT2D eigenvalue weighted by molar-refractivity contribution is -0.145. The van der Waals surface area contributed by atoms with E-state index < -0.39 is 6.04 Å². The topological polar surface area (TPSA) is 52.3 Å². The molecule has 0 bridgehead atoms. The van der Waals surface area contributed by atoms with Crippen LogP contribution in [0.5, 0.6) is 0 Å². The molecule has 0 saturated carbocycles. The van der Waals surface area contributed by atoms with E-state index in [-0.39, 0.29) is 24.3 Å². The second-order valence-electron chi connectivity index (χ2n) is 2.66. The van der Waals surface area contributed by atoms with Crippen LogP contribution in [0.4, 0.5) is 0 Å². The summed E-state index contributed by atoms with van der Waals surface area (Å²) in [6.45, 7) is 6.13. The first-order valence-electron chi connectivity index (χ1n) is 4.05. The number of hydrogen-bond donors (Lipinski definition) is 1. The predicted octanol–water partition coefficient (Wildman–Crippen LogP) is 1.34. The summed E-state index contributed by atoms with van der Waals surface area (Å²) in [7, 11) is 0. The zero-order valence-electron chi connectivity index (χ0n) is 7.87. The molecule has 0 fully saturated rings. The van der Waals surface area contributed by atoms with Gasteiger partial charge in [0.25, 0.3) is 0 Å². The Balaban J connectivity index is 0. The van der Waals surface area contributed by atoms with Gasteiger partial charge < -0.3 is 10.5 Å². The van der Waals surface area contributed by atoms with Crippen LogP contribution in [0.1, 0.15) is 27.2 Å². The smallest absolute Gasteiger partial charge is 0.323 e. The maximum atomic E-state index is 11.0. The first-order chi connectivity index (χ1) is 5.13. The van der Waals surface area contributed by atoms with Crippen molar-refractivity contribution in [2.75, 3.05) is 6.61 Å². The summed E-state index contributed by atoms with van der Waals surface area (Å²) in [4.78, 5) is 11.0. The molecule has 0 unspecified atom stereocenters. The standard InChI is InChI=1S/C8H17NO2.ClH/c1-4-6(3)7(9)8(10)11-5-2;/h6-7H,4-5,9H2,1-3H3;1H/t6-,7+;/m0./s1. The van der Waals surface area contributed by atoms with Crippen molar-refractivity contribution in [1.82, 2.24) is 0 Å². The molecule has 0 aromatic heterocycles. The molecule has 4 heteroatoms. The van der Waals surface area contributed by atoms with Gasteiger partial charge in [-0.05, 0) is 12.8 Å². The molecule has 3 nitrogen and oxygen atoms in total. The number of esters is 1. The fourth-order valence-corrected chi connectivity index (χ4v) is 0.725. The van der Waals surface area contributed by atoms with Gasteiger partial charge >= 0.3 is 5.97 Å². The van der Waals surface area contributed by atoms with Crippen LogP contribution in [0.25, 0.3) is 0 Å². The molecule has 0 aromatic carbocycles. The molecule has 0 spiro atoms. The number of carbonyl (C=O) groups excluding carboxylic acids is 1. The number of carbonyl (C=O) groups is 1. The molecule has 0 aliphatic heterocycles. The number of halogens is 1. The highest BCUT2D eigenvalue weighted by Crippen LogP contribution is 2.06. The minimum atomic E-state index is -0.458. The van der Waals surface area contributed by atoms with Crippen molar-refractivity contribution in [1.29, 1.82) is 0 Å². The van der Waals surface area contributed by atoms with Crippen LogP contribution in [-0.4, -0.2) is 18.6 Å². The molecule has 0 aliphatic rings. The van der Waals surface area contributed by atoms with Crippen LogP contribution in [0.15, 0.2) is 0 Å². The fourth-order valence-electron chi connectivity index (χ4n) is 0.725. The molecule has 74 valence electrons. The molecule has 0 aliphatic carbocycles. The molecular weight excluding hydrogens is 178 g/mol. The molecule has 0 radical (unpaired) electrons. The Morgan fingerprint density at radius 1 is 1.50 bits per heavy atom. The second kappa shape index (κ2) is 7.37. The third-order valence-electron chi connectivity index (χ3n) is 1.82. The van der Waals surface area contributed by atoms with Crippen LogP contribution in [0.2, 0.25) is 0 Å². The zero-order valence-corrected chi connectivity index (χ0v) is 8.69. The SMILES string of the molecule is CCOC(=O)[C@H](N)[C@@H](C)CC.Cl. The van der Waals surface area contributed by atoms with Crippen LogP contribution < -0.4 is 5.73 Å². The molecule has 0 aromatic rings. The van der Waals surface area contributed by atoms with Gasteiger partial charge in [-0.2, -0.15) is 0 Å². The predicted molar refractivity (Wildman–Crippen MR) is 51.3 cm³/mol. The number of hydrogen-bond acceptors (Lipinski definition) is 3. The van der Waals surface area contributed by atoms with Gasteiger partial charge in [-0.3, -0.25) is 4.79 Å². The first kappa shape index (κ1) is 14.3. The lowest BCUT2D eigenvalue weighted by Crippen LogP contribution is -2.37. The summed E-state index contributed by atoms with van der Waals surface area (Å²) >= 11 is 0. The van der Waals surface area contributed by atoms with Gasteiger partial charge in [-0.15, -0.1) is 12.4 Å². The van der Waals surface area contributed by atoms with E-state index in [1.54, 1.807) is 6.92 Å². The quantitative estimate of drug-likeness (QED) is 0.689. The van der Waals surface area contributed by atoms with Gasteiger partial charge in [0.2, 0.25) is 0 Å².